The SMILES string of the molecule is O=C(O[C@@H]1CCCO1)[C@@H]1C[C@@H]2C=C[C@H]1C2. The van der Waals surface area contributed by atoms with E-state index in [2.05, 4.69) is 12.2 Å². The third kappa shape index (κ3) is 1.69. The Bertz CT molecular complexity index is 291. The third-order valence-corrected chi connectivity index (χ3v) is 3.72. The van der Waals surface area contributed by atoms with E-state index in [1.165, 1.54) is 0 Å². The van der Waals surface area contributed by atoms with Crippen LogP contribution in [0.2, 0.25) is 0 Å². The maximum atomic E-state index is 11.9. The van der Waals surface area contributed by atoms with E-state index in [0.717, 1.165) is 32.3 Å². The van der Waals surface area contributed by atoms with Crippen LogP contribution < -0.4 is 0 Å². The number of rotatable bonds is 2. The smallest absolute Gasteiger partial charge is 0.311 e. The van der Waals surface area contributed by atoms with Gasteiger partial charge in [-0.15, -0.1) is 0 Å². The monoisotopic (exact) mass is 208 g/mol. The second kappa shape index (κ2) is 3.63. The molecule has 2 aliphatic carbocycles. The zero-order valence-corrected chi connectivity index (χ0v) is 8.72. The highest BCUT2D eigenvalue weighted by molar-refractivity contribution is 5.74. The van der Waals surface area contributed by atoms with Gasteiger partial charge in [-0.2, -0.15) is 0 Å². The van der Waals surface area contributed by atoms with Crippen molar-refractivity contribution in [2.24, 2.45) is 17.8 Å². The van der Waals surface area contributed by atoms with Crippen molar-refractivity contribution in [3.8, 4) is 0 Å². The van der Waals surface area contributed by atoms with Gasteiger partial charge in [0.2, 0.25) is 6.29 Å². The van der Waals surface area contributed by atoms with E-state index < -0.39 is 0 Å². The Morgan fingerprint density at radius 1 is 1.33 bits per heavy atom. The number of hydrogen-bond acceptors (Lipinski definition) is 3. The summed E-state index contributed by atoms with van der Waals surface area (Å²) in [6.45, 7) is 0.731. The Kier molecular flexibility index (Phi) is 2.28. The van der Waals surface area contributed by atoms with Crippen LogP contribution in [-0.2, 0) is 14.3 Å². The van der Waals surface area contributed by atoms with Gasteiger partial charge < -0.3 is 9.47 Å². The van der Waals surface area contributed by atoms with Crippen LogP contribution in [0.1, 0.15) is 25.7 Å². The van der Waals surface area contributed by atoms with Crippen molar-refractivity contribution in [2.45, 2.75) is 32.0 Å². The molecule has 3 heteroatoms. The molecule has 2 bridgehead atoms. The first-order valence-corrected chi connectivity index (χ1v) is 5.83. The fourth-order valence-electron chi connectivity index (χ4n) is 2.91. The van der Waals surface area contributed by atoms with Crippen LogP contribution in [0.25, 0.3) is 0 Å². The van der Waals surface area contributed by atoms with Gasteiger partial charge in [-0.3, -0.25) is 4.79 Å². The molecule has 82 valence electrons. The molecule has 0 aromatic carbocycles. The lowest BCUT2D eigenvalue weighted by Gasteiger charge is -2.19. The number of carbonyl (C=O) groups excluding carboxylic acids is 1. The highest BCUT2D eigenvalue weighted by Crippen LogP contribution is 2.44. The first kappa shape index (κ1) is 9.40. The summed E-state index contributed by atoms with van der Waals surface area (Å²) in [5.41, 5.74) is 0. The van der Waals surface area contributed by atoms with Gasteiger partial charge in [0.15, 0.2) is 0 Å². The van der Waals surface area contributed by atoms with E-state index in [1.807, 2.05) is 0 Å². The Labute approximate surface area is 89.4 Å². The number of fused-ring (bicyclic) bond motifs is 2. The summed E-state index contributed by atoms with van der Waals surface area (Å²) < 4.78 is 10.7. The highest BCUT2D eigenvalue weighted by atomic mass is 16.7. The third-order valence-electron chi connectivity index (χ3n) is 3.72. The summed E-state index contributed by atoms with van der Waals surface area (Å²) in [5.74, 6) is 1.11. The predicted molar refractivity (Wildman–Crippen MR) is 53.9 cm³/mol. The Balaban J connectivity index is 1.58. The molecule has 1 saturated heterocycles. The number of allylic oxidation sites excluding steroid dienone is 2. The molecule has 0 spiro atoms. The van der Waals surface area contributed by atoms with E-state index in [-0.39, 0.29) is 18.2 Å². The zero-order chi connectivity index (χ0) is 10.3. The van der Waals surface area contributed by atoms with Crippen LogP contribution in [0.15, 0.2) is 12.2 Å². The first-order chi connectivity index (χ1) is 7.33. The second-order valence-corrected chi connectivity index (χ2v) is 4.77. The highest BCUT2D eigenvalue weighted by Gasteiger charge is 2.41. The zero-order valence-electron chi connectivity index (χ0n) is 8.72. The normalized spacial score (nSPS) is 42.4. The molecule has 0 radical (unpaired) electrons. The lowest BCUT2D eigenvalue weighted by atomic mass is 9.94. The number of hydrogen-bond donors (Lipinski definition) is 0. The summed E-state index contributed by atoms with van der Waals surface area (Å²) in [6.07, 6.45) is 8.14. The quantitative estimate of drug-likeness (QED) is 0.513. The minimum Gasteiger partial charge on any atom is -0.436 e. The van der Waals surface area contributed by atoms with Crippen LogP contribution >= 0.6 is 0 Å². The fraction of sp³-hybridized carbons (Fsp3) is 0.750. The van der Waals surface area contributed by atoms with Crippen LogP contribution in [0.5, 0.6) is 0 Å². The van der Waals surface area contributed by atoms with E-state index in [0.29, 0.717) is 11.8 Å². The van der Waals surface area contributed by atoms with Crippen LogP contribution in [0.3, 0.4) is 0 Å². The van der Waals surface area contributed by atoms with Gasteiger partial charge in [0.1, 0.15) is 0 Å². The summed E-state index contributed by atoms with van der Waals surface area (Å²) >= 11 is 0. The molecule has 0 amide bonds. The molecule has 1 heterocycles. The minimum absolute atomic E-state index is 0.0428. The minimum atomic E-state index is -0.263. The maximum Gasteiger partial charge on any atom is 0.311 e. The predicted octanol–water partition coefficient (Wildman–Crippen LogP) is 1.88. The lowest BCUT2D eigenvalue weighted by molar-refractivity contribution is -0.175. The average Bonchev–Trinajstić information content (AvgIpc) is 2.93. The van der Waals surface area contributed by atoms with Crippen LogP contribution in [-0.4, -0.2) is 18.9 Å². The summed E-state index contributed by atoms with van der Waals surface area (Å²) in [4.78, 5) is 11.9. The van der Waals surface area contributed by atoms with Crippen molar-refractivity contribution in [1.82, 2.24) is 0 Å². The summed E-state index contributed by atoms with van der Waals surface area (Å²) in [6, 6.07) is 0. The van der Waals surface area contributed by atoms with Gasteiger partial charge in [-0.05, 0) is 31.1 Å². The summed E-state index contributed by atoms with van der Waals surface area (Å²) in [5, 5.41) is 0. The molecule has 4 atom stereocenters. The standard InChI is InChI=1S/C12H16O3/c13-12(15-11-2-1-5-14-11)10-7-8-3-4-9(10)6-8/h3-4,8-11H,1-2,5-7H2/t8-,9+,10-,11-/m1/s1. The Morgan fingerprint density at radius 3 is 2.87 bits per heavy atom. The molecule has 0 N–H and O–H groups in total. The van der Waals surface area contributed by atoms with Crippen molar-refractivity contribution < 1.29 is 14.3 Å². The van der Waals surface area contributed by atoms with Crippen molar-refractivity contribution in [3.05, 3.63) is 12.2 Å². The molecule has 3 aliphatic rings. The number of ether oxygens (including phenoxy) is 2. The molecule has 0 aromatic rings. The van der Waals surface area contributed by atoms with Gasteiger partial charge >= 0.3 is 5.97 Å². The molecule has 3 nitrogen and oxygen atoms in total. The molecule has 3 rings (SSSR count). The van der Waals surface area contributed by atoms with Gasteiger partial charge in [-0.1, -0.05) is 12.2 Å². The molecule has 0 aromatic heterocycles. The van der Waals surface area contributed by atoms with Crippen molar-refractivity contribution >= 4 is 5.97 Å². The van der Waals surface area contributed by atoms with E-state index in [9.17, 15) is 4.79 Å². The largest absolute Gasteiger partial charge is 0.436 e. The van der Waals surface area contributed by atoms with Crippen molar-refractivity contribution in [2.75, 3.05) is 6.61 Å². The van der Waals surface area contributed by atoms with Crippen molar-refractivity contribution in [3.63, 3.8) is 0 Å². The molecule has 15 heavy (non-hydrogen) atoms. The van der Waals surface area contributed by atoms with Gasteiger partial charge in [0.05, 0.1) is 12.5 Å². The van der Waals surface area contributed by atoms with Gasteiger partial charge in [0, 0.05) is 6.42 Å². The number of carbonyl (C=O) groups is 1. The fourth-order valence-corrected chi connectivity index (χ4v) is 2.91. The van der Waals surface area contributed by atoms with E-state index in [4.69, 9.17) is 9.47 Å². The average molecular weight is 208 g/mol. The summed E-state index contributed by atoms with van der Waals surface area (Å²) in [7, 11) is 0. The first-order valence-electron chi connectivity index (χ1n) is 5.83. The van der Waals surface area contributed by atoms with Gasteiger partial charge in [-0.25, -0.2) is 0 Å². The van der Waals surface area contributed by atoms with Gasteiger partial charge in [0.25, 0.3) is 0 Å². The second-order valence-electron chi connectivity index (χ2n) is 4.77. The molecule has 1 aliphatic heterocycles. The molecular weight excluding hydrogens is 192 g/mol. The van der Waals surface area contributed by atoms with E-state index in [1.54, 1.807) is 0 Å². The Morgan fingerprint density at radius 2 is 2.27 bits per heavy atom. The maximum absolute atomic E-state index is 11.9. The Hall–Kier alpha value is -0.830. The van der Waals surface area contributed by atoms with Crippen molar-refractivity contribution in [1.29, 1.82) is 0 Å². The topological polar surface area (TPSA) is 35.5 Å². The molecule has 0 unspecified atom stereocenters. The van der Waals surface area contributed by atoms with Crippen LogP contribution in [0, 0.1) is 17.8 Å². The van der Waals surface area contributed by atoms with Crippen LogP contribution in [0.4, 0.5) is 0 Å². The number of esters is 1. The molecule has 1 saturated carbocycles. The molecule has 2 fully saturated rings. The van der Waals surface area contributed by atoms with E-state index >= 15 is 0 Å². The lowest BCUT2D eigenvalue weighted by Crippen LogP contribution is -2.26. The molecular formula is C12H16O3.